The Morgan fingerprint density at radius 3 is 2.90 bits per heavy atom. The van der Waals surface area contributed by atoms with Crippen LogP contribution in [-0.4, -0.2) is 47.8 Å². The van der Waals surface area contributed by atoms with Crippen LogP contribution in [0.15, 0.2) is 29.2 Å². The zero-order valence-corrected chi connectivity index (χ0v) is 18.6. The first-order chi connectivity index (χ1) is 15.0. The summed E-state index contributed by atoms with van der Waals surface area (Å²) >= 11 is 1.36. The fraction of sp³-hybridized carbons (Fsp3) is 0.429. The lowest BCUT2D eigenvalue weighted by Gasteiger charge is -2.30. The van der Waals surface area contributed by atoms with Crippen molar-refractivity contribution in [1.29, 1.82) is 0 Å². The van der Waals surface area contributed by atoms with Crippen molar-refractivity contribution in [3.05, 3.63) is 45.9 Å². The van der Waals surface area contributed by atoms with Crippen molar-refractivity contribution in [2.24, 2.45) is 5.92 Å². The minimum atomic E-state index is -0.516. The number of ether oxygens (including phenoxy) is 2. The van der Waals surface area contributed by atoms with Gasteiger partial charge in [-0.1, -0.05) is 30.4 Å². The van der Waals surface area contributed by atoms with Crippen LogP contribution in [0.25, 0.3) is 4.96 Å². The number of benzene rings is 1. The lowest BCUT2D eigenvalue weighted by molar-refractivity contribution is 0.0948. The molecular weight excluding hydrogens is 418 g/mol. The van der Waals surface area contributed by atoms with Gasteiger partial charge in [-0.15, -0.1) is 5.10 Å². The molecule has 1 amide bonds. The number of nitrogens with one attached hydrogen (secondary N) is 1. The molecule has 1 aliphatic rings. The Hall–Kier alpha value is -3.14. The molecular formula is C21H25N5O4S. The minimum Gasteiger partial charge on any atom is -0.493 e. The van der Waals surface area contributed by atoms with E-state index in [1.807, 2.05) is 12.1 Å². The summed E-state index contributed by atoms with van der Waals surface area (Å²) in [6.45, 7) is 4.21. The van der Waals surface area contributed by atoms with E-state index >= 15 is 0 Å². The van der Waals surface area contributed by atoms with Crippen molar-refractivity contribution < 1.29 is 14.3 Å². The van der Waals surface area contributed by atoms with Crippen LogP contribution in [0.4, 0.5) is 5.13 Å². The van der Waals surface area contributed by atoms with Gasteiger partial charge in [0.25, 0.3) is 11.5 Å². The smallest absolute Gasteiger partial charge is 0.288 e. The maximum atomic E-state index is 12.9. The van der Waals surface area contributed by atoms with Gasteiger partial charge in [-0.2, -0.15) is 4.52 Å². The van der Waals surface area contributed by atoms with Gasteiger partial charge in [-0.25, -0.2) is 4.98 Å². The fourth-order valence-electron chi connectivity index (χ4n) is 3.79. The lowest BCUT2D eigenvalue weighted by Crippen LogP contribution is -2.34. The van der Waals surface area contributed by atoms with Gasteiger partial charge in [0.15, 0.2) is 11.5 Å². The Morgan fingerprint density at radius 1 is 1.32 bits per heavy atom. The Bertz CT molecular complexity index is 1160. The largest absolute Gasteiger partial charge is 0.493 e. The van der Waals surface area contributed by atoms with Gasteiger partial charge in [0.05, 0.1) is 14.2 Å². The first kappa shape index (κ1) is 21.1. The predicted molar refractivity (Wildman–Crippen MR) is 118 cm³/mol. The third-order valence-electron chi connectivity index (χ3n) is 5.37. The Balaban J connectivity index is 1.55. The van der Waals surface area contributed by atoms with E-state index in [1.54, 1.807) is 13.2 Å². The van der Waals surface area contributed by atoms with Crippen LogP contribution in [0.2, 0.25) is 0 Å². The average molecular weight is 444 g/mol. The van der Waals surface area contributed by atoms with Gasteiger partial charge >= 0.3 is 0 Å². The summed E-state index contributed by atoms with van der Waals surface area (Å²) in [6.07, 6.45) is 3.61. The number of aromatic nitrogens is 3. The van der Waals surface area contributed by atoms with Gasteiger partial charge in [-0.05, 0) is 24.8 Å². The van der Waals surface area contributed by atoms with E-state index in [0.29, 0.717) is 22.4 Å². The maximum Gasteiger partial charge on any atom is 0.288 e. The average Bonchev–Trinajstić information content (AvgIpc) is 3.22. The van der Waals surface area contributed by atoms with E-state index in [1.165, 1.54) is 35.6 Å². The second kappa shape index (κ2) is 8.93. The minimum absolute atomic E-state index is 0.0526. The molecule has 164 valence electrons. The molecule has 1 saturated heterocycles. The molecule has 0 bridgehead atoms. The van der Waals surface area contributed by atoms with E-state index < -0.39 is 11.5 Å². The fourth-order valence-corrected chi connectivity index (χ4v) is 4.68. The highest BCUT2D eigenvalue weighted by molar-refractivity contribution is 7.20. The number of carbonyl (C=O) groups is 1. The van der Waals surface area contributed by atoms with E-state index in [9.17, 15) is 9.59 Å². The molecule has 10 heteroatoms. The van der Waals surface area contributed by atoms with Crippen LogP contribution < -0.4 is 25.2 Å². The van der Waals surface area contributed by atoms with E-state index in [2.05, 4.69) is 27.2 Å². The van der Waals surface area contributed by atoms with Crippen LogP contribution in [0.3, 0.4) is 0 Å². The molecule has 0 aliphatic carbocycles. The highest BCUT2D eigenvalue weighted by Gasteiger charge is 2.22. The number of carbonyl (C=O) groups excluding carboxylic acids is 1. The van der Waals surface area contributed by atoms with Crippen LogP contribution in [0.1, 0.15) is 35.7 Å². The second-order valence-corrected chi connectivity index (χ2v) is 8.52. The predicted octanol–water partition coefficient (Wildman–Crippen LogP) is 2.33. The van der Waals surface area contributed by atoms with E-state index in [-0.39, 0.29) is 12.1 Å². The van der Waals surface area contributed by atoms with Gasteiger partial charge in [0, 0.05) is 31.4 Å². The van der Waals surface area contributed by atoms with Crippen molar-refractivity contribution in [1.82, 2.24) is 19.9 Å². The molecule has 0 saturated carbocycles. The van der Waals surface area contributed by atoms with Crippen molar-refractivity contribution >= 4 is 27.3 Å². The molecule has 0 unspecified atom stereocenters. The number of rotatable bonds is 6. The normalized spacial score (nSPS) is 16.4. The summed E-state index contributed by atoms with van der Waals surface area (Å²) in [5, 5.41) is 7.97. The number of fused-ring (bicyclic) bond motifs is 1. The molecule has 4 rings (SSSR count). The highest BCUT2D eigenvalue weighted by atomic mass is 32.1. The summed E-state index contributed by atoms with van der Waals surface area (Å²) < 4.78 is 11.9. The zero-order chi connectivity index (χ0) is 22.0. The molecule has 3 heterocycles. The molecule has 1 fully saturated rings. The molecule has 2 aromatic heterocycles. The number of hydrogen-bond donors (Lipinski definition) is 1. The van der Waals surface area contributed by atoms with Crippen molar-refractivity contribution in [2.45, 2.75) is 26.3 Å². The summed E-state index contributed by atoms with van der Waals surface area (Å²) in [5.41, 5.74) is 0.204. The van der Waals surface area contributed by atoms with Gasteiger partial charge in [-0.3, -0.25) is 9.59 Å². The highest BCUT2D eigenvalue weighted by Crippen LogP contribution is 2.30. The molecule has 0 spiro atoms. The summed E-state index contributed by atoms with van der Waals surface area (Å²) in [4.78, 5) is 32.6. The maximum absolute atomic E-state index is 12.9. The topological polar surface area (TPSA) is 98.1 Å². The van der Waals surface area contributed by atoms with Gasteiger partial charge < -0.3 is 19.7 Å². The van der Waals surface area contributed by atoms with Crippen molar-refractivity contribution in [3.8, 4) is 11.5 Å². The molecule has 1 atom stereocenters. The summed E-state index contributed by atoms with van der Waals surface area (Å²) in [7, 11) is 3.09. The Kier molecular flexibility index (Phi) is 6.08. The standard InChI is InChI=1S/C21H25N5O4S/c1-13-6-5-9-25(12-13)21-24-26-19(28)15(11-23-20(26)31-21)18(27)22-10-14-7-4-8-16(29-2)17(14)30-3/h4,7-8,11,13H,5-6,9-10,12H2,1-3H3,(H,22,27)/t13-/m1/s1. The number of anilines is 1. The molecule has 9 nitrogen and oxygen atoms in total. The lowest BCUT2D eigenvalue weighted by atomic mass is 10.0. The second-order valence-electron chi connectivity index (χ2n) is 7.58. The first-order valence-electron chi connectivity index (χ1n) is 10.1. The molecule has 1 N–H and O–H groups in total. The summed E-state index contributed by atoms with van der Waals surface area (Å²) in [5.74, 6) is 1.17. The summed E-state index contributed by atoms with van der Waals surface area (Å²) in [6, 6.07) is 5.41. The number of hydrogen-bond acceptors (Lipinski definition) is 8. The van der Waals surface area contributed by atoms with E-state index in [4.69, 9.17) is 9.47 Å². The molecule has 1 aromatic carbocycles. The molecule has 31 heavy (non-hydrogen) atoms. The number of nitrogens with zero attached hydrogens (tertiary/aromatic N) is 4. The third kappa shape index (κ3) is 4.20. The van der Waals surface area contributed by atoms with Crippen molar-refractivity contribution in [2.75, 3.05) is 32.2 Å². The Labute approximate surface area is 183 Å². The van der Waals surface area contributed by atoms with Crippen LogP contribution in [0, 0.1) is 5.92 Å². The monoisotopic (exact) mass is 443 g/mol. The number of methoxy groups -OCH3 is 2. The van der Waals surface area contributed by atoms with Crippen LogP contribution in [-0.2, 0) is 6.54 Å². The number of amides is 1. The zero-order valence-electron chi connectivity index (χ0n) is 17.8. The first-order valence-corrected chi connectivity index (χ1v) is 11.0. The molecule has 1 aliphatic heterocycles. The quantitative estimate of drug-likeness (QED) is 0.624. The van der Waals surface area contributed by atoms with Gasteiger partial charge in [0.1, 0.15) is 5.56 Å². The Morgan fingerprint density at radius 2 is 2.16 bits per heavy atom. The molecule has 3 aromatic rings. The van der Waals surface area contributed by atoms with Crippen LogP contribution in [0.5, 0.6) is 11.5 Å². The van der Waals surface area contributed by atoms with E-state index in [0.717, 1.165) is 30.2 Å². The third-order valence-corrected chi connectivity index (χ3v) is 6.36. The SMILES string of the molecule is COc1cccc(CNC(=O)c2cnc3sc(N4CCC[C@@H](C)C4)nn3c2=O)c1OC. The van der Waals surface area contributed by atoms with Crippen LogP contribution >= 0.6 is 11.3 Å². The van der Waals surface area contributed by atoms with Crippen molar-refractivity contribution in [3.63, 3.8) is 0 Å². The van der Waals surface area contributed by atoms with Gasteiger partial charge in [0.2, 0.25) is 10.1 Å². The molecule has 0 radical (unpaired) electrons. The number of para-hydroxylation sites is 1. The number of piperidine rings is 1.